The van der Waals surface area contributed by atoms with Crippen LogP contribution in [-0.2, 0) is 21.2 Å². The van der Waals surface area contributed by atoms with Crippen LogP contribution in [0.15, 0.2) is 29.2 Å². The van der Waals surface area contributed by atoms with E-state index in [1.165, 1.54) is 17.0 Å². The van der Waals surface area contributed by atoms with Crippen molar-refractivity contribution in [1.29, 1.82) is 0 Å². The summed E-state index contributed by atoms with van der Waals surface area (Å²) in [7, 11) is -3.70. The average Bonchev–Trinajstić information content (AvgIpc) is 2.61. The van der Waals surface area contributed by atoms with Gasteiger partial charge in [-0.1, -0.05) is 38.8 Å². The second kappa shape index (κ2) is 9.32. The molecule has 8 heteroatoms. The molecule has 1 saturated heterocycles. The van der Waals surface area contributed by atoms with Crippen molar-refractivity contribution in [3.05, 3.63) is 29.8 Å². The Hall–Kier alpha value is -1.93. The van der Waals surface area contributed by atoms with Crippen LogP contribution < -0.4 is 10.5 Å². The van der Waals surface area contributed by atoms with E-state index in [-0.39, 0.29) is 22.8 Å². The molecule has 2 rings (SSSR count). The Labute approximate surface area is 161 Å². The number of primary sulfonamides is 1. The minimum atomic E-state index is -3.70. The van der Waals surface area contributed by atoms with E-state index in [1.54, 1.807) is 12.1 Å². The Kier molecular flexibility index (Phi) is 7.38. The van der Waals surface area contributed by atoms with E-state index in [0.717, 1.165) is 31.2 Å². The summed E-state index contributed by atoms with van der Waals surface area (Å²) >= 11 is 0. The number of sulfonamides is 1. The topological polar surface area (TPSA) is 110 Å². The lowest BCUT2D eigenvalue weighted by molar-refractivity contribution is -0.137. The summed E-state index contributed by atoms with van der Waals surface area (Å²) in [4.78, 5) is 26.4. The van der Waals surface area contributed by atoms with Gasteiger partial charge < -0.3 is 5.32 Å². The van der Waals surface area contributed by atoms with Crippen molar-refractivity contribution in [2.75, 3.05) is 13.1 Å². The van der Waals surface area contributed by atoms with Crippen LogP contribution in [0.25, 0.3) is 0 Å². The number of amides is 3. The first-order valence-corrected chi connectivity index (χ1v) is 11.0. The fraction of sp³-hybridized carbons (Fsp3) is 0.579. The number of nitrogens with zero attached hydrogens (tertiary/aromatic N) is 1. The van der Waals surface area contributed by atoms with Crippen LogP contribution >= 0.6 is 0 Å². The lowest BCUT2D eigenvalue weighted by Gasteiger charge is -2.35. The van der Waals surface area contributed by atoms with Crippen molar-refractivity contribution in [2.24, 2.45) is 17.0 Å². The number of hydrogen-bond acceptors (Lipinski definition) is 4. The van der Waals surface area contributed by atoms with Gasteiger partial charge >= 0.3 is 6.03 Å². The van der Waals surface area contributed by atoms with Crippen LogP contribution in [0.4, 0.5) is 4.79 Å². The van der Waals surface area contributed by atoms with E-state index >= 15 is 0 Å². The molecule has 0 aliphatic carbocycles. The molecule has 150 valence electrons. The lowest BCUT2D eigenvalue weighted by Crippen LogP contribution is -2.51. The highest BCUT2D eigenvalue weighted by Gasteiger charge is 2.36. The maximum atomic E-state index is 12.6. The van der Waals surface area contributed by atoms with Gasteiger partial charge in [0.25, 0.3) is 0 Å². The summed E-state index contributed by atoms with van der Waals surface area (Å²) in [5.74, 6) is 0.165. The number of nitrogens with two attached hydrogens (primary N) is 1. The van der Waals surface area contributed by atoms with E-state index in [2.05, 4.69) is 19.2 Å². The average molecular weight is 396 g/mol. The molecule has 1 heterocycles. The summed E-state index contributed by atoms with van der Waals surface area (Å²) in [5, 5.41) is 7.86. The van der Waals surface area contributed by atoms with E-state index in [0.29, 0.717) is 25.4 Å². The summed E-state index contributed by atoms with van der Waals surface area (Å²) in [6.45, 7) is 5.00. The highest BCUT2D eigenvalue weighted by molar-refractivity contribution is 7.89. The van der Waals surface area contributed by atoms with Crippen molar-refractivity contribution in [3.63, 3.8) is 0 Å². The van der Waals surface area contributed by atoms with Gasteiger partial charge in [-0.25, -0.2) is 18.4 Å². The van der Waals surface area contributed by atoms with Crippen LogP contribution in [0, 0.1) is 11.8 Å². The Balaban J connectivity index is 1.87. The summed E-state index contributed by atoms with van der Waals surface area (Å²) < 4.78 is 22.5. The second-order valence-electron chi connectivity index (χ2n) is 7.18. The summed E-state index contributed by atoms with van der Waals surface area (Å²) in [6, 6.07) is 5.87. The van der Waals surface area contributed by atoms with Crippen molar-refractivity contribution in [1.82, 2.24) is 10.2 Å². The van der Waals surface area contributed by atoms with Crippen LogP contribution in [0.2, 0.25) is 0 Å². The molecule has 0 bridgehead atoms. The molecule has 2 atom stereocenters. The Morgan fingerprint density at radius 1 is 1.30 bits per heavy atom. The maximum absolute atomic E-state index is 12.6. The monoisotopic (exact) mass is 395 g/mol. The van der Waals surface area contributed by atoms with Gasteiger partial charge in [-0.2, -0.15) is 0 Å². The van der Waals surface area contributed by atoms with Crippen molar-refractivity contribution < 1.29 is 18.0 Å². The van der Waals surface area contributed by atoms with Gasteiger partial charge in [0.05, 0.1) is 4.90 Å². The standard InChI is InChI=1S/C19H29N3O4S/c1-3-4-5-17-14(2)11-13-22(18(17)23)19(24)21-12-10-15-6-8-16(9-7-15)27(20,25)26/h6-9,14,17H,3-5,10-13H2,1-2H3,(H,21,24)(H2,20,25,26). The molecule has 3 N–H and O–H groups in total. The molecule has 7 nitrogen and oxygen atoms in total. The smallest absolute Gasteiger partial charge is 0.324 e. The molecule has 1 fully saturated rings. The van der Waals surface area contributed by atoms with E-state index in [9.17, 15) is 18.0 Å². The molecule has 27 heavy (non-hydrogen) atoms. The number of urea groups is 1. The zero-order valence-electron chi connectivity index (χ0n) is 16.0. The van der Waals surface area contributed by atoms with Crippen LogP contribution in [-0.4, -0.2) is 38.3 Å². The first-order chi connectivity index (χ1) is 12.7. The van der Waals surface area contributed by atoms with Crippen LogP contribution in [0.1, 0.15) is 45.1 Å². The minimum absolute atomic E-state index is 0.0569. The third-order valence-corrected chi connectivity index (χ3v) is 6.06. The molecule has 1 aliphatic rings. The predicted octanol–water partition coefficient (Wildman–Crippen LogP) is 2.26. The molecule has 1 aromatic rings. The largest absolute Gasteiger partial charge is 0.337 e. The third kappa shape index (κ3) is 5.77. The lowest BCUT2D eigenvalue weighted by atomic mass is 9.83. The molecular weight excluding hydrogens is 366 g/mol. The number of carbonyl (C=O) groups excluding carboxylic acids is 2. The van der Waals surface area contributed by atoms with Gasteiger partial charge in [0.1, 0.15) is 0 Å². The van der Waals surface area contributed by atoms with Gasteiger partial charge in [-0.15, -0.1) is 0 Å². The molecule has 1 aliphatic heterocycles. The number of unbranched alkanes of at least 4 members (excludes halogenated alkanes) is 1. The number of carbonyl (C=O) groups is 2. The van der Waals surface area contributed by atoms with Crippen molar-refractivity contribution in [3.8, 4) is 0 Å². The number of hydrogen-bond donors (Lipinski definition) is 2. The molecular formula is C19H29N3O4S. The second-order valence-corrected chi connectivity index (χ2v) is 8.74. The zero-order chi connectivity index (χ0) is 20.0. The Morgan fingerprint density at radius 2 is 1.96 bits per heavy atom. The number of benzene rings is 1. The van der Waals surface area contributed by atoms with E-state index in [1.807, 2.05) is 0 Å². The maximum Gasteiger partial charge on any atom is 0.324 e. The summed E-state index contributed by atoms with van der Waals surface area (Å²) in [5.41, 5.74) is 0.877. The SMILES string of the molecule is CCCCC1C(=O)N(C(=O)NCCc2ccc(S(N)(=O)=O)cc2)CCC1C. The van der Waals surface area contributed by atoms with Gasteiger partial charge in [0.2, 0.25) is 15.9 Å². The van der Waals surface area contributed by atoms with E-state index in [4.69, 9.17) is 5.14 Å². The number of piperidine rings is 1. The predicted molar refractivity (Wildman–Crippen MR) is 103 cm³/mol. The first-order valence-electron chi connectivity index (χ1n) is 9.45. The van der Waals surface area contributed by atoms with Crippen LogP contribution in [0.3, 0.4) is 0 Å². The van der Waals surface area contributed by atoms with E-state index < -0.39 is 10.0 Å². The zero-order valence-corrected chi connectivity index (χ0v) is 16.8. The van der Waals surface area contributed by atoms with Gasteiger partial charge in [-0.05, 0) is 42.9 Å². The van der Waals surface area contributed by atoms with Gasteiger partial charge in [0.15, 0.2) is 0 Å². The fourth-order valence-electron chi connectivity index (χ4n) is 3.38. The van der Waals surface area contributed by atoms with Gasteiger partial charge in [-0.3, -0.25) is 9.69 Å². The highest BCUT2D eigenvalue weighted by Crippen LogP contribution is 2.28. The molecule has 0 saturated carbocycles. The fourth-order valence-corrected chi connectivity index (χ4v) is 3.89. The molecule has 2 unspecified atom stereocenters. The number of imide groups is 1. The normalized spacial score (nSPS) is 20.6. The number of nitrogens with one attached hydrogen (secondary N) is 1. The van der Waals surface area contributed by atoms with Gasteiger partial charge in [0, 0.05) is 19.0 Å². The quantitative estimate of drug-likeness (QED) is 0.738. The minimum Gasteiger partial charge on any atom is -0.337 e. The van der Waals surface area contributed by atoms with Crippen molar-refractivity contribution in [2.45, 2.75) is 50.8 Å². The number of rotatable bonds is 7. The molecule has 1 aromatic carbocycles. The molecule has 0 spiro atoms. The Bertz CT molecular complexity index is 762. The Morgan fingerprint density at radius 3 is 2.56 bits per heavy atom. The van der Waals surface area contributed by atoms with Crippen molar-refractivity contribution >= 4 is 22.0 Å². The molecule has 0 aromatic heterocycles. The third-order valence-electron chi connectivity index (χ3n) is 5.13. The summed E-state index contributed by atoms with van der Waals surface area (Å²) in [6.07, 6.45) is 4.23. The molecule has 3 amide bonds. The van der Waals surface area contributed by atoms with Crippen LogP contribution in [0.5, 0.6) is 0 Å². The first kappa shape index (κ1) is 21.4. The molecule has 0 radical (unpaired) electrons. The highest BCUT2D eigenvalue weighted by atomic mass is 32.2. The number of likely N-dealkylation sites (tertiary alicyclic amines) is 1.